The van der Waals surface area contributed by atoms with Crippen LogP contribution in [0.15, 0.2) is 18.5 Å². The maximum Gasteiger partial charge on any atom is 0.0223 e. The van der Waals surface area contributed by atoms with Crippen molar-refractivity contribution in [3.63, 3.8) is 0 Å². The topological polar surface area (TPSA) is 17.0 Å². The largest absolute Gasteiger partial charge is 0.354 e. The van der Waals surface area contributed by atoms with E-state index in [1.807, 2.05) is 0 Å². The van der Waals surface area contributed by atoms with Crippen LogP contribution in [0.5, 0.6) is 0 Å². The Morgan fingerprint density at radius 1 is 1.35 bits per heavy atom. The first-order valence-electron chi connectivity index (χ1n) is 7.17. The standard InChI is InChI=1S/C15H26N2/c1-3-17-10-9-14(12-17)11-16-13(2)15-7-5-4-6-8-15/h9-10,12-13,15-16H,3-8,11H2,1-2H3. The third kappa shape index (κ3) is 3.60. The molecule has 0 saturated heterocycles. The second-order valence-electron chi connectivity index (χ2n) is 5.42. The lowest BCUT2D eigenvalue weighted by molar-refractivity contribution is 0.280. The van der Waals surface area contributed by atoms with Gasteiger partial charge >= 0.3 is 0 Å². The van der Waals surface area contributed by atoms with Gasteiger partial charge in [0.1, 0.15) is 0 Å². The summed E-state index contributed by atoms with van der Waals surface area (Å²) in [5.41, 5.74) is 1.41. The van der Waals surface area contributed by atoms with E-state index in [0.29, 0.717) is 6.04 Å². The number of rotatable bonds is 5. The first kappa shape index (κ1) is 12.7. The van der Waals surface area contributed by atoms with Crippen LogP contribution in [-0.4, -0.2) is 10.6 Å². The Hall–Kier alpha value is -0.760. The van der Waals surface area contributed by atoms with Crippen molar-refractivity contribution in [2.75, 3.05) is 0 Å². The average molecular weight is 234 g/mol. The third-order valence-electron chi connectivity index (χ3n) is 4.16. The van der Waals surface area contributed by atoms with Crippen molar-refractivity contribution >= 4 is 0 Å². The Labute approximate surface area is 105 Å². The average Bonchev–Trinajstić information content (AvgIpc) is 2.85. The van der Waals surface area contributed by atoms with Crippen molar-refractivity contribution in [1.82, 2.24) is 9.88 Å². The van der Waals surface area contributed by atoms with Gasteiger partial charge in [-0.25, -0.2) is 0 Å². The molecule has 2 nitrogen and oxygen atoms in total. The highest BCUT2D eigenvalue weighted by atomic mass is 14.9. The summed E-state index contributed by atoms with van der Waals surface area (Å²) in [6.07, 6.45) is 11.6. The monoisotopic (exact) mass is 234 g/mol. The van der Waals surface area contributed by atoms with Crippen LogP contribution in [0.4, 0.5) is 0 Å². The molecule has 1 aromatic rings. The van der Waals surface area contributed by atoms with Gasteiger partial charge in [-0.05, 0) is 44.2 Å². The minimum atomic E-state index is 0.667. The fourth-order valence-electron chi connectivity index (χ4n) is 2.87. The van der Waals surface area contributed by atoms with Crippen LogP contribution in [-0.2, 0) is 13.1 Å². The zero-order valence-corrected chi connectivity index (χ0v) is 11.3. The lowest BCUT2D eigenvalue weighted by Crippen LogP contribution is -2.34. The summed E-state index contributed by atoms with van der Waals surface area (Å²) in [7, 11) is 0. The third-order valence-corrected chi connectivity index (χ3v) is 4.16. The van der Waals surface area contributed by atoms with Gasteiger partial charge in [0, 0.05) is 31.5 Å². The lowest BCUT2D eigenvalue weighted by atomic mass is 9.84. The Morgan fingerprint density at radius 2 is 2.12 bits per heavy atom. The molecule has 1 fully saturated rings. The molecule has 0 amide bonds. The molecular formula is C15H26N2. The minimum Gasteiger partial charge on any atom is -0.354 e. The second-order valence-corrected chi connectivity index (χ2v) is 5.42. The van der Waals surface area contributed by atoms with Gasteiger partial charge in [-0.2, -0.15) is 0 Å². The van der Waals surface area contributed by atoms with E-state index >= 15 is 0 Å². The van der Waals surface area contributed by atoms with Crippen LogP contribution in [0.2, 0.25) is 0 Å². The number of hydrogen-bond acceptors (Lipinski definition) is 1. The summed E-state index contributed by atoms with van der Waals surface area (Å²) in [6, 6.07) is 2.89. The fourth-order valence-corrected chi connectivity index (χ4v) is 2.87. The summed E-state index contributed by atoms with van der Waals surface area (Å²) in [5.74, 6) is 0.900. The second kappa shape index (κ2) is 6.25. The van der Waals surface area contributed by atoms with E-state index in [-0.39, 0.29) is 0 Å². The van der Waals surface area contributed by atoms with Gasteiger partial charge in [-0.15, -0.1) is 0 Å². The molecule has 1 aliphatic carbocycles. The first-order valence-corrected chi connectivity index (χ1v) is 7.17. The highest BCUT2D eigenvalue weighted by Crippen LogP contribution is 2.26. The molecule has 0 spiro atoms. The van der Waals surface area contributed by atoms with Gasteiger partial charge in [0.05, 0.1) is 0 Å². The van der Waals surface area contributed by atoms with Gasteiger partial charge in [-0.1, -0.05) is 19.3 Å². The smallest absolute Gasteiger partial charge is 0.0223 e. The van der Waals surface area contributed by atoms with Gasteiger partial charge in [0.15, 0.2) is 0 Å². The molecule has 0 radical (unpaired) electrons. The summed E-state index contributed by atoms with van der Waals surface area (Å²) in [6.45, 7) is 6.62. The highest BCUT2D eigenvalue weighted by Gasteiger charge is 2.19. The molecule has 1 heterocycles. The van der Waals surface area contributed by atoms with Crippen molar-refractivity contribution in [3.8, 4) is 0 Å². The molecule has 0 aliphatic heterocycles. The van der Waals surface area contributed by atoms with Crippen LogP contribution in [0.3, 0.4) is 0 Å². The summed E-state index contributed by atoms with van der Waals surface area (Å²) in [4.78, 5) is 0. The summed E-state index contributed by atoms with van der Waals surface area (Å²) in [5, 5.41) is 3.69. The number of nitrogens with one attached hydrogen (secondary N) is 1. The SMILES string of the molecule is CCn1ccc(CNC(C)C2CCCCC2)c1. The molecule has 1 atom stereocenters. The van der Waals surface area contributed by atoms with E-state index in [1.165, 1.54) is 37.7 Å². The van der Waals surface area contributed by atoms with E-state index in [1.54, 1.807) is 0 Å². The predicted octanol–water partition coefficient (Wildman–Crippen LogP) is 3.57. The van der Waals surface area contributed by atoms with E-state index < -0.39 is 0 Å². The molecule has 0 aromatic carbocycles. The lowest BCUT2D eigenvalue weighted by Gasteiger charge is -2.28. The molecule has 1 aliphatic rings. The fraction of sp³-hybridized carbons (Fsp3) is 0.733. The van der Waals surface area contributed by atoms with Gasteiger partial charge in [0.25, 0.3) is 0 Å². The molecule has 1 N–H and O–H groups in total. The van der Waals surface area contributed by atoms with E-state index in [2.05, 4.69) is 42.2 Å². The Morgan fingerprint density at radius 3 is 2.76 bits per heavy atom. The van der Waals surface area contributed by atoms with Crippen LogP contribution in [0, 0.1) is 5.92 Å². The van der Waals surface area contributed by atoms with Crippen LogP contribution < -0.4 is 5.32 Å². The summed E-state index contributed by atoms with van der Waals surface area (Å²) < 4.78 is 2.24. The Kier molecular flexibility index (Phi) is 4.66. The zero-order chi connectivity index (χ0) is 12.1. The van der Waals surface area contributed by atoms with Crippen molar-refractivity contribution in [1.29, 1.82) is 0 Å². The van der Waals surface area contributed by atoms with Crippen LogP contribution >= 0.6 is 0 Å². The van der Waals surface area contributed by atoms with E-state index in [9.17, 15) is 0 Å². The minimum absolute atomic E-state index is 0.667. The van der Waals surface area contributed by atoms with Crippen LogP contribution in [0.25, 0.3) is 0 Å². The van der Waals surface area contributed by atoms with Crippen molar-refractivity contribution < 1.29 is 0 Å². The maximum absolute atomic E-state index is 3.69. The number of aryl methyl sites for hydroxylation is 1. The molecule has 2 heteroatoms. The molecule has 1 aromatic heterocycles. The Bertz CT molecular complexity index is 323. The van der Waals surface area contributed by atoms with Crippen molar-refractivity contribution in [2.24, 2.45) is 5.92 Å². The summed E-state index contributed by atoms with van der Waals surface area (Å²) >= 11 is 0. The van der Waals surface area contributed by atoms with E-state index in [4.69, 9.17) is 0 Å². The predicted molar refractivity (Wildman–Crippen MR) is 73.0 cm³/mol. The first-order chi connectivity index (χ1) is 8.29. The quantitative estimate of drug-likeness (QED) is 0.824. The normalized spacial score (nSPS) is 19.4. The van der Waals surface area contributed by atoms with Gasteiger partial charge in [-0.3, -0.25) is 0 Å². The van der Waals surface area contributed by atoms with Crippen molar-refractivity contribution in [3.05, 3.63) is 24.0 Å². The molecule has 96 valence electrons. The maximum atomic E-state index is 3.69. The van der Waals surface area contributed by atoms with Crippen molar-refractivity contribution in [2.45, 2.75) is 65.1 Å². The molecule has 17 heavy (non-hydrogen) atoms. The number of aromatic nitrogens is 1. The molecule has 2 rings (SSSR count). The number of nitrogens with zero attached hydrogens (tertiary/aromatic N) is 1. The van der Waals surface area contributed by atoms with Crippen LogP contribution in [0.1, 0.15) is 51.5 Å². The van der Waals surface area contributed by atoms with Gasteiger partial charge in [0.2, 0.25) is 0 Å². The molecule has 1 unspecified atom stereocenters. The van der Waals surface area contributed by atoms with Gasteiger partial charge < -0.3 is 9.88 Å². The Balaban J connectivity index is 1.76. The number of hydrogen-bond donors (Lipinski definition) is 1. The van der Waals surface area contributed by atoms with E-state index in [0.717, 1.165) is 19.0 Å². The zero-order valence-electron chi connectivity index (χ0n) is 11.3. The molecule has 1 saturated carbocycles. The molecule has 0 bridgehead atoms. The highest BCUT2D eigenvalue weighted by molar-refractivity contribution is 5.10. The molecular weight excluding hydrogens is 208 g/mol.